The minimum absolute atomic E-state index is 0.104. The van der Waals surface area contributed by atoms with Gasteiger partial charge in [0.2, 0.25) is 0 Å². The Labute approximate surface area is 486 Å². The minimum atomic E-state index is -0.811. The van der Waals surface area contributed by atoms with Gasteiger partial charge in [-0.05, 0) is 148 Å². The number of rotatable bonds is 56. The summed E-state index contributed by atoms with van der Waals surface area (Å²) < 4.78 is 16.9. The van der Waals surface area contributed by atoms with Crippen molar-refractivity contribution in [1.29, 1.82) is 0 Å². The van der Waals surface area contributed by atoms with E-state index in [9.17, 15) is 14.4 Å². The molecule has 0 fully saturated rings. The van der Waals surface area contributed by atoms with Gasteiger partial charge in [-0.3, -0.25) is 14.4 Å². The maximum Gasteiger partial charge on any atom is 0.306 e. The van der Waals surface area contributed by atoms with Crippen LogP contribution in [0.3, 0.4) is 0 Å². The van der Waals surface area contributed by atoms with Crippen molar-refractivity contribution < 1.29 is 28.6 Å². The van der Waals surface area contributed by atoms with E-state index in [1.165, 1.54) is 57.8 Å². The van der Waals surface area contributed by atoms with Crippen molar-refractivity contribution in [1.82, 2.24) is 0 Å². The van der Waals surface area contributed by atoms with Gasteiger partial charge in [0.25, 0.3) is 0 Å². The van der Waals surface area contributed by atoms with Crippen molar-refractivity contribution in [2.75, 3.05) is 13.2 Å². The average Bonchev–Trinajstić information content (AvgIpc) is 3.45. The molecule has 0 aromatic heterocycles. The summed E-state index contributed by atoms with van der Waals surface area (Å²) in [6, 6.07) is 0. The standard InChI is InChI=1S/C73H116O6/c1-4-7-10-13-16-19-22-25-27-29-31-33-35-36-38-39-41-43-45-48-51-54-57-60-63-66-72(75)78-69-70(68-77-71(74)65-62-59-56-53-50-47-24-21-18-15-12-9-6-3)79-73(76)67-64-61-58-55-52-49-46-44-42-40-37-34-32-30-28-26-23-20-17-14-11-8-5-2/h7-8,10-11,16-17,19-21,24-28,31-34,36,38,40-43,48,51,70H,4-6,9,12-15,18,22-23,29-30,35,37,39,44-47,49-50,52-69H2,1-3H3/b10-7-,11-8-,19-16-,20-17-,24-21-,27-25-,28-26-,33-31-,34-32-,38-36-,42-40-,43-41-,51-48-. The number of carbonyl (C=O) groups excluding carboxylic acids is 3. The molecule has 0 aliphatic rings. The number of hydrogen-bond donors (Lipinski definition) is 0. The van der Waals surface area contributed by atoms with Crippen LogP contribution in [0.15, 0.2) is 158 Å². The van der Waals surface area contributed by atoms with Gasteiger partial charge in [0, 0.05) is 19.3 Å². The fourth-order valence-electron chi connectivity index (χ4n) is 8.27. The second kappa shape index (κ2) is 65.5. The van der Waals surface area contributed by atoms with Crippen molar-refractivity contribution >= 4 is 17.9 Å². The Balaban J connectivity index is 4.47. The molecule has 0 aromatic rings. The van der Waals surface area contributed by atoms with Crippen LogP contribution in [0, 0.1) is 0 Å². The maximum atomic E-state index is 12.9. The summed E-state index contributed by atoms with van der Waals surface area (Å²) in [4.78, 5) is 38.3. The fourth-order valence-corrected chi connectivity index (χ4v) is 8.27. The molecule has 6 nitrogen and oxygen atoms in total. The molecule has 6 heteroatoms. The third kappa shape index (κ3) is 63.7. The number of hydrogen-bond acceptors (Lipinski definition) is 6. The second-order valence-corrected chi connectivity index (χ2v) is 20.5. The zero-order chi connectivity index (χ0) is 57.1. The van der Waals surface area contributed by atoms with Gasteiger partial charge in [0.05, 0.1) is 0 Å². The maximum absolute atomic E-state index is 12.9. The Bertz CT molecular complexity index is 1780. The van der Waals surface area contributed by atoms with E-state index in [2.05, 4.69) is 179 Å². The van der Waals surface area contributed by atoms with E-state index in [-0.39, 0.29) is 31.1 Å². The number of unbranched alkanes of at least 4 members (excludes halogenated alkanes) is 19. The van der Waals surface area contributed by atoms with Crippen LogP contribution in [0.2, 0.25) is 0 Å². The molecule has 0 spiro atoms. The van der Waals surface area contributed by atoms with Crippen LogP contribution in [0.4, 0.5) is 0 Å². The first-order valence-corrected chi connectivity index (χ1v) is 32.0. The summed E-state index contributed by atoms with van der Waals surface area (Å²) >= 11 is 0. The molecule has 0 aromatic carbocycles. The van der Waals surface area contributed by atoms with Crippen LogP contribution in [0.5, 0.6) is 0 Å². The highest BCUT2D eigenvalue weighted by Gasteiger charge is 2.19. The van der Waals surface area contributed by atoms with E-state index < -0.39 is 6.10 Å². The molecule has 0 saturated heterocycles. The van der Waals surface area contributed by atoms with Gasteiger partial charge < -0.3 is 14.2 Å². The molecule has 0 N–H and O–H groups in total. The topological polar surface area (TPSA) is 78.9 Å². The number of esters is 3. The third-order valence-corrected chi connectivity index (χ3v) is 13.0. The predicted molar refractivity (Wildman–Crippen MR) is 343 cm³/mol. The van der Waals surface area contributed by atoms with Crippen molar-refractivity contribution in [3.8, 4) is 0 Å². The Hall–Kier alpha value is -4.97. The molecule has 0 amide bonds. The lowest BCUT2D eigenvalue weighted by atomic mass is 10.1. The first-order chi connectivity index (χ1) is 39.0. The molecular weight excluding hydrogens is 973 g/mol. The summed E-state index contributed by atoms with van der Waals surface area (Å²) in [5, 5.41) is 0. The average molecular weight is 1090 g/mol. The normalized spacial score (nSPS) is 13.2. The van der Waals surface area contributed by atoms with Crippen molar-refractivity contribution in [3.63, 3.8) is 0 Å². The van der Waals surface area contributed by atoms with Crippen LogP contribution in [0.25, 0.3) is 0 Å². The van der Waals surface area contributed by atoms with Gasteiger partial charge in [-0.1, -0.05) is 256 Å². The predicted octanol–water partition coefficient (Wildman–Crippen LogP) is 22.1. The summed E-state index contributed by atoms with van der Waals surface area (Å²) in [5.41, 5.74) is 0. The van der Waals surface area contributed by atoms with E-state index >= 15 is 0 Å². The molecule has 444 valence electrons. The smallest absolute Gasteiger partial charge is 0.306 e. The molecule has 0 rings (SSSR count). The lowest BCUT2D eigenvalue weighted by Gasteiger charge is -2.18. The highest BCUT2D eigenvalue weighted by molar-refractivity contribution is 5.71. The third-order valence-electron chi connectivity index (χ3n) is 13.0. The molecule has 1 atom stereocenters. The molecule has 1 unspecified atom stereocenters. The lowest BCUT2D eigenvalue weighted by molar-refractivity contribution is -0.167. The zero-order valence-electron chi connectivity index (χ0n) is 50.8. The lowest BCUT2D eigenvalue weighted by Crippen LogP contribution is -2.30. The van der Waals surface area contributed by atoms with Crippen molar-refractivity contribution in [3.05, 3.63) is 158 Å². The van der Waals surface area contributed by atoms with E-state index in [0.29, 0.717) is 19.3 Å². The molecule has 0 saturated carbocycles. The minimum Gasteiger partial charge on any atom is -0.462 e. The van der Waals surface area contributed by atoms with Gasteiger partial charge in [-0.2, -0.15) is 0 Å². The first-order valence-electron chi connectivity index (χ1n) is 32.0. The summed E-state index contributed by atoms with van der Waals surface area (Å²) in [6.45, 7) is 6.35. The monoisotopic (exact) mass is 1090 g/mol. The van der Waals surface area contributed by atoms with Gasteiger partial charge >= 0.3 is 17.9 Å². The SMILES string of the molecule is CC/C=C\C/C=C\C/C=C\C/C=C\C/C=C\C/C=C\C/C=C\CCCCCC(=O)OCC(COC(=O)CCCCCCC/C=C\CCCCCC)OC(=O)CCCCCCCCC/C=C\C/C=C\C/C=C\C/C=C\C/C=C\CC. The molecule has 0 aliphatic heterocycles. The number of allylic oxidation sites excluding steroid dienone is 26. The van der Waals surface area contributed by atoms with E-state index in [1.54, 1.807) is 0 Å². The van der Waals surface area contributed by atoms with E-state index in [4.69, 9.17) is 14.2 Å². The number of carbonyl (C=O) groups is 3. The van der Waals surface area contributed by atoms with Crippen LogP contribution in [-0.2, 0) is 28.6 Å². The van der Waals surface area contributed by atoms with Crippen LogP contribution in [0.1, 0.15) is 265 Å². The Morgan fingerprint density at radius 2 is 0.494 bits per heavy atom. The molecule has 0 bridgehead atoms. The highest BCUT2D eigenvalue weighted by Crippen LogP contribution is 2.14. The Kier molecular flexibility index (Phi) is 61.4. The van der Waals surface area contributed by atoms with E-state index in [1.807, 2.05) is 0 Å². The zero-order valence-corrected chi connectivity index (χ0v) is 50.8. The molecule has 0 aliphatic carbocycles. The van der Waals surface area contributed by atoms with Gasteiger partial charge in [0.1, 0.15) is 13.2 Å². The molecule has 0 heterocycles. The van der Waals surface area contributed by atoms with Crippen LogP contribution in [-0.4, -0.2) is 37.2 Å². The largest absolute Gasteiger partial charge is 0.462 e. The quantitative estimate of drug-likeness (QED) is 0.0261. The summed E-state index contributed by atoms with van der Waals surface area (Å²) in [6.07, 6.45) is 95.2. The Morgan fingerprint density at radius 3 is 0.797 bits per heavy atom. The van der Waals surface area contributed by atoms with Crippen LogP contribution < -0.4 is 0 Å². The molecular formula is C73H116O6. The molecule has 79 heavy (non-hydrogen) atoms. The van der Waals surface area contributed by atoms with Gasteiger partial charge in [-0.15, -0.1) is 0 Å². The fraction of sp³-hybridized carbons (Fsp3) is 0.603. The van der Waals surface area contributed by atoms with Crippen molar-refractivity contribution in [2.24, 2.45) is 0 Å². The van der Waals surface area contributed by atoms with E-state index in [0.717, 1.165) is 167 Å². The van der Waals surface area contributed by atoms with Gasteiger partial charge in [0.15, 0.2) is 6.10 Å². The van der Waals surface area contributed by atoms with Crippen LogP contribution >= 0.6 is 0 Å². The number of ether oxygens (including phenoxy) is 3. The summed E-state index contributed by atoms with van der Waals surface area (Å²) in [5.74, 6) is -0.960. The Morgan fingerprint density at radius 1 is 0.266 bits per heavy atom. The highest BCUT2D eigenvalue weighted by atomic mass is 16.6. The first kappa shape index (κ1) is 74.0. The van der Waals surface area contributed by atoms with Crippen molar-refractivity contribution in [2.45, 2.75) is 271 Å². The van der Waals surface area contributed by atoms with Gasteiger partial charge in [-0.25, -0.2) is 0 Å². The second-order valence-electron chi connectivity index (χ2n) is 20.5. The summed E-state index contributed by atoms with van der Waals surface area (Å²) in [7, 11) is 0. The molecule has 0 radical (unpaired) electrons.